The first-order valence-electron chi connectivity index (χ1n) is 11.0. The molecule has 1 aliphatic heterocycles. The van der Waals surface area contributed by atoms with Crippen molar-refractivity contribution >= 4 is 22.6 Å². The van der Waals surface area contributed by atoms with E-state index in [1.165, 1.54) is 32.4 Å². The van der Waals surface area contributed by atoms with Gasteiger partial charge < -0.3 is 9.15 Å². The van der Waals surface area contributed by atoms with Gasteiger partial charge in [0, 0.05) is 18.2 Å². The lowest BCUT2D eigenvalue weighted by molar-refractivity contribution is 0.183. The van der Waals surface area contributed by atoms with Crippen molar-refractivity contribution in [2.24, 2.45) is 0 Å². The summed E-state index contributed by atoms with van der Waals surface area (Å²) in [5.74, 6) is 1.50. The summed E-state index contributed by atoms with van der Waals surface area (Å²) in [5, 5.41) is 0.637. The predicted molar refractivity (Wildman–Crippen MR) is 121 cm³/mol. The molecule has 154 valence electrons. The van der Waals surface area contributed by atoms with Crippen molar-refractivity contribution in [2.45, 2.75) is 32.1 Å². The zero-order valence-electron chi connectivity index (χ0n) is 17.2. The second-order valence-corrected chi connectivity index (χ2v) is 8.23. The van der Waals surface area contributed by atoms with Gasteiger partial charge in [-0.3, -0.25) is 9.69 Å². The van der Waals surface area contributed by atoms with Gasteiger partial charge in [-0.1, -0.05) is 36.8 Å². The van der Waals surface area contributed by atoms with Gasteiger partial charge in [-0.25, -0.2) is 0 Å². The average molecular weight is 402 g/mol. The van der Waals surface area contributed by atoms with E-state index in [4.69, 9.17) is 9.15 Å². The Morgan fingerprint density at radius 3 is 2.67 bits per heavy atom. The Bertz CT molecular complexity index is 1120. The van der Waals surface area contributed by atoms with E-state index in [9.17, 15) is 4.79 Å². The van der Waals surface area contributed by atoms with E-state index < -0.39 is 0 Å². The van der Waals surface area contributed by atoms with Crippen molar-refractivity contribution in [3.8, 4) is 5.75 Å². The first kappa shape index (κ1) is 19.1. The van der Waals surface area contributed by atoms with Gasteiger partial charge in [0.15, 0.2) is 5.43 Å². The summed E-state index contributed by atoms with van der Waals surface area (Å²) in [6.07, 6.45) is 7.60. The fourth-order valence-corrected chi connectivity index (χ4v) is 4.53. The number of nitrogens with zero attached hydrogens (tertiary/aromatic N) is 1. The van der Waals surface area contributed by atoms with Gasteiger partial charge in [0.2, 0.25) is 0 Å². The number of hydrogen-bond donors (Lipinski definition) is 0. The largest absolute Gasteiger partial charge is 0.492 e. The van der Waals surface area contributed by atoms with E-state index in [1.807, 2.05) is 36.4 Å². The molecule has 30 heavy (non-hydrogen) atoms. The molecule has 0 N–H and O–H groups in total. The Morgan fingerprint density at radius 1 is 1.00 bits per heavy atom. The maximum atomic E-state index is 13.0. The SMILES string of the molecule is O=c1c2c(oc3cc(OCCN4CCCCC4)ccc13)/C(=C/c1ccccc1)CC2. The van der Waals surface area contributed by atoms with Gasteiger partial charge in [0.1, 0.15) is 23.7 Å². The molecule has 0 bridgehead atoms. The molecule has 1 aromatic heterocycles. The molecule has 0 unspecified atom stereocenters. The van der Waals surface area contributed by atoms with Crippen molar-refractivity contribution in [3.05, 3.63) is 75.6 Å². The second kappa shape index (κ2) is 8.49. The van der Waals surface area contributed by atoms with Gasteiger partial charge in [-0.2, -0.15) is 0 Å². The molecule has 1 saturated heterocycles. The highest BCUT2D eigenvalue weighted by molar-refractivity contribution is 5.87. The molecule has 2 aromatic carbocycles. The molecule has 4 heteroatoms. The highest BCUT2D eigenvalue weighted by atomic mass is 16.5. The summed E-state index contributed by atoms with van der Waals surface area (Å²) in [6, 6.07) is 15.8. The molecular weight excluding hydrogens is 374 g/mol. The Labute approximate surface area is 176 Å². The summed E-state index contributed by atoms with van der Waals surface area (Å²) in [6.45, 7) is 3.92. The summed E-state index contributed by atoms with van der Waals surface area (Å²) in [4.78, 5) is 15.5. The van der Waals surface area contributed by atoms with Gasteiger partial charge in [-0.15, -0.1) is 0 Å². The van der Waals surface area contributed by atoms with Crippen molar-refractivity contribution < 1.29 is 9.15 Å². The Kier molecular flexibility index (Phi) is 5.41. The first-order valence-corrected chi connectivity index (χ1v) is 11.0. The third-order valence-electron chi connectivity index (χ3n) is 6.16. The van der Waals surface area contributed by atoms with Crippen LogP contribution in [0.3, 0.4) is 0 Å². The number of piperidine rings is 1. The maximum absolute atomic E-state index is 13.0. The van der Waals surface area contributed by atoms with E-state index in [-0.39, 0.29) is 5.43 Å². The van der Waals surface area contributed by atoms with E-state index >= 15 is 0 Å². The molecule has 3 aromatic rings. The highest BCUT2D eigenvalue weighted by Gasteiger charge is 2.24. The van der Waals surface area contributed by atoms with Gasteiger partial charge in [0.05, 0.1) is 5.39 Å². The van der Waals surface area contributed by atoms with Crippen LogP contribution in [-0.4, -0.2) is 31.1 Å². The quantitative estimate of drug-likeness (QED) is 0.593. The number of benzene rings is 2. The molecule has 0 amide bonds. The standard InChI is InChI=1S/C26H27NO3/c28-25-22-12-10-21(29-16-15-27-13-5-2-6-14-27)18-24(22)30-26-20(9-11-23(25)26)17-19-7-3-1-4-8-19/h1,3-4,7-8,10,12,17-18H,2,5-6,9,11,13-16H2/b20-17+. The normalized spacial score (nSPS) is 18.1. The molecule has 5 rings (SSSR count). The molecule has 0 saturated carbocycles. The van der Waals surface area contributed by atoms with E-state index in [2.05, 4.69) is 23.1 Å². The van der Waals surface area contributed by atoms with Crippen LogP contribution in [0.15, 0.2) is 57.7 Å². The van der Waals surface area contributed by atoms with Crippen LogP contribution in [-0.2, 0) is 6.42 Å². The van der Waals surface area contributed by atoms with Crippen LogP contribution < -0.4 is 10.2 Å². The fourth-order valence-electron chi connectivity index (χ4n) is 4.53. The molecule has 0 atom stereocenters. The fraction of sp³-hybridized carbons (Fsp3) is 0.346. The minimum atomic E-state index is 0.0857. The summed E-state index contributed by atoms with van der Waals surface area (Å²) in [5.41, 5.74) is 3.70. The van der Waals surface area contributed by atoms with Crippen LogP contribution in [0.1, 0.15) is 42.6 Å². The third-order valence-corrected chi connectivity index (χ3v) is 6.16. The van der Waals surface area contributed by atoms with Crippen LogP contribution >= 0.6 is 0 Å². The van der Waals surface area contributed by atoms with Crippen molar-refractivity contribution in [2.75, 3.05) is 26.2 Å². The van der Waals surface area contributed by atoms with Crippen molar-refractivity contribution in [3.63, 3.8) is 0 Å². The van der Waals surface area contributed by atoms with Crippen LogP contribution in [0.4, 0.5) is 0 Å². The lowest BCUT2D eigenvalue weighted by Crippen LogP contribution is -2.33. The van der Waals surface area contributed by atoms with E-state index in [0.717, 1.165) is 47.6 Å². The number of rotatable bonds is 5. The first-order chi connectivity index (χ1) is 14.8. The Morgan fingerprint density at radius 2 is 1.83 bits per heavy atom. The number of allylic oxidation sites excluding steroid dienone is 1. The minimum Gasteiger partial charge on any atom is -0.492 e. The minimum absolute atomic E-state index is 0.0857. The third kappa shape index (κ3) is 3.92. The molecule has 1 aliphatic carbocycles. The van der Waals surface area contributed by atoms with Gasteiger partial charge in [-0.05, 0) is 68.1 Å². The van der Waals surface area contributed by atoms with E-state index in [1.54, 1.807) is 0 Å². The monoisotopic (exact) mass is 401 g/mol. The van der Waals surface area contributed by atoms with Crippen molar-refractivity contribution in [1.29, 1.82) is 0 Å². The van der Waals surface area contributed by atoms with Crippen LogP contribution in [0, 0.1) is 0 Å². The predicted octanol–water partition coefficient (Wildman–Crippen LogP) is 5.14. The number of hydrogen-bond acceptors (Lipinski definition) is 4. The summed E-state index contributed by atoms with van der Waals surface area (Å²) < 4.78 is 12.2. The zero-order valence-corrected chi connectivity index (χ0v) is 17.2. The molecule has 1 fully saturated rings. The highest BCUT2D eigenvalue weighted by Crippen LogP contribution is 2.34. The molecule has 0 spiro atoms. The van der Waals surface area contributed by atoms with Crippen LogP contribution in [0.2, 0.25) is 0 Å². The Balaban J connectivity index is 1.39. The second-order valence-electron chi connectivity index (χ2n) is 8.23. The number of ether oxygens (including phenoxy) is 1. The van der Waals surface area contributed by atoms with Crippen LogP contribution in [0.25, 0.3) is 22.6 Å². The lowest BCUT2D eigenvalue weighted by atomic mass is 10.1. The number of likely N-dealkylation sites (tertiary alicyclic amines) is 1. The molecule has 2 heterocycles. The van der Waals surface area contributed by atoms with E-state index in [0.29, 0.717) is 17.6 Å². The Hall–Kier alpha value is -2.85. The smallest absolute Gasteiger partial charge is 0.196 e. The van der Waals surface area contributed by atoms with Crippen molar-refractivity contribution in [1.82, 2.24) is 4.90 Å². The number of fused-ring (bicyclic) bond motifs is 2. The average Bonchev–Trinajstić information content (AvgIpc) is 3.18. The molecule has 0 radical (unpaired) electrons. The zero-order chi connectivity index (χ0) is 20.3. The topological polar surface area (TPSA) is 42.7 Å². The molecular formula is C26H27NO3. The molecule has 4 nitrogen and oxygen atoms in total. The summed E-state index contributed by atoms with van der Waals surface area (Å²) >= 11 is 0. The van der Waals surface area contributed by atoms with Gasteiger partial charge in [0.25, 0.3) is 0 Å². The van der Waals surface area contributed by atoms with Gasteiger partial charge >= 0.3 is 0 Å². The summed E-state index contributed by atoms with van der Waals surface area (Å²) in [7, 11) is 0. The van der Waals surface area contributed by atoms with Crippen LogP contribution in [0.5, 0.6) is 5.75 Å². The maximum Gasteiger partial charge on any atom is 0.196 e. The lowest BCUT2D eigenvalue weighted by Gasteiger charge is -2.26. The molecule has 2 aliphatic rings.